The molecule has 1 heterocycles. The SMILES string of the molecule is CC(=O)c1sc(C2CCCC2)nc1C. The van der Waals surface area contributed by atoms with Crippen LogP contribution in [-0.4, -0.2) is 10.8 Å². The second-order valence-electron chi connectivity index (χ2n) is 4.00. The van der Waals surface area contributed by atoms with Crippen molar-refractivity contribution in [2.75, 3.05) is 0 Å². The molecule has 2 nitrogen and oxygen atoms in total. The Hall–Kier alpha value is -0.700. The predicted molar refractivity (Wildman–Crippen MR) is 58.1 cm³/mol. The van der Waals surface area contributed by atoms with Crippen LogP contribution in [-0.2, 0) is 0 Å². The lowest BCUT2D eigenvalue weighted by atomic mass is 10.1. The number of aryl methyl sites for hydroxylation is 1. The smallest absolute Gasteiger partial charge is 0.171 e. The first-order chi connectivity index (χ1) is 6.68. The van der Waals surface area contributed by atoms with Crippen LogP contribution in [0, 0.1) is 6.92 Å². The maximum absolute atomic E-state index is 11.3. The summed E-state index contributed by atoms with van der Waals surface area (Å²) in [6, 6.07) is 0. The fraction of sp³-hybridized carbons (Fsp3) is 0.636. The summed E-state index contributed by atoms with van der Waals surface area (Å²) in [6.45, 7) is 3.56. The van der Waals surface area contributed by atoms with Crippen molar-refractivity contribution in [2.45, 2.75) is 45.4 Å². The summed E-state index contributed by atoms with van der Waals surface area (Å²) >= 11 is 1.60. The molecule has 14 heavy (non-hydrogen) atoms. The van der Waals surface area contributed by atoms with E-state index < -0.39 is 0 Å². The zero-order valence-electron chi connectivity index (χ0n) is 8.67. The molecule has 2 rings (SSSR count). The predicted octanol–water partition coefficient (Wildman–Crippen LogP) is 3.31. The maximum atomic E-state index is 11.3. The van der Waals surface area contributed by atoms with E-state index in [1.807, 2.05) is 6.92 Å². The van der Waals surface area contributed by atoms with Crippen LogP contribution < -0.4 is 0 Å². The summed E-state index contributed by atoms with van der Waals surface area (Å²) in [4.78, 5) is 16.6. The molecule has 0 aliphatic heterocycles. The number of rotatable bonds is 2. The molecule has 0 atom stereocenters. The average molecular weight is 209 g/mol. The molecule has 1 saturated carbocycles. The second-order valence-corrected chi connectivity index (χ2v) is 5.03. The summed E-state index contributed by atoms with van der Waals surface area (Å²) in [5.74, 6) is 0.788. The highest BCUT2D eigenvalue weighted by Gasteiger charge is 2.22. The summed E-state index contributed by atoms with van der Waals surface area (Å²) in [6.07, 6.45) is 5.14. The van der Waals surface area contributed by atoms with Gasteiger partial charge in [0.05, 0.1) is 15.6 Å². The summed E-state index contributed by atoms with van der Waals surface area (Å²) in [7, 11) is 0. The van der Waals surface area contributed by atoms with Crippen molar-refractivity contribution in [2.24, 2.45) is 0 Å². The first-order valence-corrected chi connectivity index (χ1v) is 5.98. The number of carbonyl (C=O) groups excluding carboxylic acids is 1. The third-order valence-corrected chi connectivity index (χ3v) is 4.26. The van der Waals surface area contributed by atoms with Gasteiger partial charge in [-0.25, -0.2) is 4.98 Å². The minimum atomic E-state index is 0.157. The Morgan fingerprint density at radius 1 is 1.43 bits per heavy atom. The summed E-state index contributed by atoms with van der Waals surface area (Å²) in [5.41, 5.74) is 0.921. The number of nitrogens with zero attached hydrogens (tertiary/aromatic N) is 1. The Labute approximate surface area is 88.4 Å². The Morgan fingerprint density at radius 3 is 2.57 bits per heavy atom. The molecule has 0 bridgehead atoms. The number of aromatic nitrogens is 1. The van der Waals surface area contributed by atoms with E-state index in [2.05, 4.69) is 4.98 Å². The highest BCUT2D eigenvalue weighted by atomic mass is 32.1. The van der Waals surface area contributed by atoms with Crippen molar-refractivity contribution in [3.05, 3.63) is 15.6 Å². The van der Waals surface area contributed by atoms with Crippen molar-refractivity contribution in [1.29, 1.82) is 0 Å². The van der Waals surface area contributed by atoms with Gasteiger partial charge in [0.25, 0.3) is 0 Å². The van der Waals surface area contributed by atoms with Crippen LogP contribution in [0.4, 0.5) is 0 Å². The first-order valence-electron chi connectivity index (χ1n) is 5.16. The van der Waals surface area contributed by atoms with Gasteiger partial charge < -0.3 is 0 Å². The third kappa shape index (κ3) is 1.73. The Kier molecular flexibility index (Phi) is 2.68. The molecule has 1 fully saturated rings. The molecule has 1 aliphatic carbocycles. The number of Topliss-reactive ketones (excluding diaryl/α,β-unsaturated/α-hetero) is 1. The molecule has 0 saturated heterocycles. The van der Waals surface area contributed by atoms with Crippen LogP contribution in [0.5, 0.6) is 0 Å². The lowest BCUT2D eigenvalue weighted by Gasteiger charge is -2.01. The molecular formula is C11H15NOS. The van der Waals surface area contributed by atoms with Gasteiger partial charge in [0.2, 0.25) is 0 Å². The van der Waals surface area contributed by atoms with Crippen molar-refractivity contribution in [3.8, 4) is 0 Å². The monoisotopic (exact) mass is 209 g/mol. The standard InChI is InChI=1S/C11H15NOS/c1-7-10(8(2)13)14-11(12-7)9-5-3-4-6-9/h9H,3-6H2,1-2H3. The molecule has 1 aliphatic rings. The zero-order valence-corrected chi connectivity index (χ0v) is 9.49. The van der Waals surface area contributed by atoms with Gasteiger partial charge in [-0.05, 0) is 19.8 Å². The van der Waals surface area contributed by atoms with E-state index >= 15 is 0 Å². The van der Waals surface area contributed by atoms with Crippen LogP contribution in [0.25, 0.3) is 0 Å². The van der Waals surface area contributed by atoms with Crippen molar-refractivity contribution < 1.29 is 4.79 Å². The van der Waals surface area contributed by atoms with Gasteiger partial charge >= 0.3 is 0 Å². The fourth-order valence-electron chi connectivity index (χ4n) is 2.09. The lowest BCUT2D eigenvalue weighted by Crippen LogP contribution is -1.90. The minimum absolute atomic E-state index is 0.157. The van der Waals surface area contributed by atoms with Crippen LogP contribution in [0.2, 0.25) is 0 Å². The maximum Gasteiger partial charge on any atom is 0.171 e. The number of ketones is 1. The van der Waals surface area contributed by atoms with Crippen LogP contribution in [0.3, 0.4) is 0 Å². The van der Waals surface area contributed by atoms with E-state index in [0.29, 0.717) is 5.92 Å². The minimum Gasteiger partial charge on any atom is -0.294 e. The molecular weight excluding hydrogens is 194 g/mol. The van der Waals surface area contributed by atoms with Crippen LogP contribution in [0.1, 0.15) is 58.9 Å². The van der Waals surface area contributed by atoms with E-state index in [4.69, 9.17) is 0 Å². The van der Waals surface area contributed by atoms with Crippen LogP contribution in [0.15, 0.2) is 0 Å². The Balaban J connectivity index is 2.27. The normalized spacial score (nSPS) is 17.6. The van der Waals surface area contributed by atoms with E-state index in [0.717, 1.165) is 10.6 Å². The van der Waals surface area contributed by atoms with Gasteiger partial charge in [-0.1, -0.05) is 12.8 Å². The quantitative estimate of drug-likeness (QED) is 0.699. The van der Waals surface area contributed by atoms with Gasteiger partial charge in [-0.15, -0.1) is 11.3 Å². The molecule has 0 amide bonds. The van der Waals surface area contributed by atoms with Crippen LogP contribution >= 0.6 is 11.3 Å². The van der Waals surface area contributed by atoms with E-state index in [-0.39, 0.29) is 5.78 Å². The third-order valence-electron chi connectivity index (χ3n) is 2.84. The highest BCUT2D eigenvalue weighted by molar-refractivity contribution is 7.13. The summed E-state index contributed by atoms with van der Waals surface area (Å²) < 4.78 is 0. The van der Waals surface area contributed by atoms with Gasteiger partial charge in [0.15, 0.2) is 5.78 Å². The number of carbonyl (C=O) groups is 1. The van der Waals surface area contributed by atoms with Crippen molar-refractivity contribution in [1.82, 2.24) is 4.98 Å². The average Bonchev–Trinajstić information content (AvgIpc) is 2.70. The summed E-state index contributed by atoms with van der Waals surface area (Å²) in [5, 5.41) is 1.19. The van der Waals surface area contributed by atoms with Gasteiger partial charge in [0.1, 0.15) is 0 Å². The van der Waals surface area contributed by atoms with Gasteiger partial charge in [-0.2, -0.15) is 0 Å². The van der Waals surface area contributed by atoms with E-state index in [1.54, 1.807) is 18.3 Å². The Morgan fingerprint density at radius 2 is 2.07 bits per heavy atom. The largest absolute Gasteiger partial charge is 0.294 e. The Bertz CT molecular complexity index is 350. The molecule has 1 aromatic heterocycles. The number of hydrogen-bond donors (Lipinski definition) is 0. The molecule has 76 valence electrons. The van der Waals surface area contributed by atoms with Crippen molar-refractivity contribution in [3.63, 3.8) is 0 Å². The molecule has 0 aromatic carbocycles. The molecule has 1 aromatic rings. The van der Waals surface area contributed by atoms with E-state index in [1.165, 1.54) is 30.7 Å². The number of thiazole rings is 1. The van der Waals surface area contributed by atoms with Gasteiger partial charge in [0, 0.05) is 12.8 Å². The molecule has 0 radical (unpaired) electrons. The lowest BCUT2D eigenvalue weighted by molar-refractivity contribution is 0.102. The topological polar surface area (TPSA) is 30.0 Å². The van der Waals surface area contributed by atoms with Gasteiger partial charge in [-0.3, -0.25) is 4.79 Å². The molecule has 0 unspecified atom stereocenters. The second kappa shape index (κ2) is 3.81. The zero-order chi connectivity index (χ0) is 10.1. The molecule has 0 spiro atoms. The first kappa shape index (κ1) is 9.84. The van der Waals surface area contributed by atoms with Crippen molar-refractivity contribution >= 4 is 17.1 Å². The fourth-order valence-corrected chi connectivity index (χ4v) is 3.22. The van der Waals surface area contributed by atoms with E-state index in [9.17, 15) is 4.79 Å². The highest BCUT2D eigenvalue weighted by Crippen LogP contribution is 2.37. The molecule has 0 N–H and O–H groups in total. The number of hydrogen-bond acceptors (Lipinski definition) is 3. The molecule has 3 heteroatoms.